The van der Waals surface area contributed by atoms with E-state index in [1.54, 1.807) is 48.5 Å². The van der Waals surface area contributed by atoms with Crippen LogP contribution >= 0.6 is 7.26 Å². The molecular weight excluding hydrogens is 1900 g/mol. The Hall–Kier alpha value is -18.1. The number of hydrogen-bond acceptors (Lipinski definition) is 23. The summed E-state index contributed by atoms with van der Waals surface area (Å²) in [5.41, 5.74) is 1.86. The summed E-state index contributed by atoms with van der Waals surface area (Å²) in [6, 6.07) is 36.5. The van der Waals surface area contributed by atoms with Crippen LogP contribution in [0.5, 0.6) is 0 Å². The van der Waals surface area contributed by atoms with Gasteiger partial charge in [0.15, 0.2) is 34.9 Å². The molecule has 0 spiro atoms. The molecule has 49 nitrogen and oxygen atoms in total. The van der Waals surface area contributed by atoms with Crippen molar-refractivity contribution in [3.8, 4) is 0 Å². The fraction of sp³-hybridized carbons (Fsp3) is 0.292. The molecule has 762 valence electrons. The Morgan fingerprint density at radius 2 is 0.500 bits per heavy atom. The standard InChI is InChI=1S/C96H112N33O16P/c1-119(2)42-23-37-97-75(130)31-39-100-87(136)65-45-60(50-120(65)3)105-90(139)68-47-61(51-123(68)6)106-93(142)83-110-69(52-126(83)9)108-79(134)33-40-101-88(137)66-46-59(49-121(66)4)104-89(138)67-44-58(48-122(67)5)103-77(132)30-22-36-99-91(140)81-113-72(55-124(81)7)116-94(143)84-112-71(54-128(84)11)109-80(135)34-41-102-92(141)82-114-73(56-125(82)8)117-96(145)86-115-74(57-129(86)12)118-95(144)85-111-70(53-127(85)10)107-78(133)32-38-98-76(131)35-43-146(62-24-16-13-17-25-62,63-26-18-14-19-27-63)64-28-20-15-21-29-64/h13-21,24-29,44-57H,22-23,30-43H2,1-12H3,(H15-,97,98,99,100,101,102,103,104,105,106,107,108,109,116,117,118,130,131,132,133,134,135,136,137,138,139,140,141,142,143,144,145)/p+1. The van der Waals surface area contributed by atoms with E-state index in [4.69, 9.17) is 0 Å². The van der Waals surface area contributed by atoms with Crippen molar-refractivity contribution in [3.05, 3.63) is 235 Å². The minimum absolute atomic E-state index is 0.000494. The Labute approximate surface area is 836 Å². The molecule has 16 N–H and O–H groups in total. The van der Waals surface area contributed by atoms with E-state index in [1.165, 1.54) is 154 Å². The quantitative estimate of drug-likeness (QED) is 0.0191. The Kier molecular flexibility index (Phi) is 34.6. The zero-order valence-corrected chi connectivity index (χ0v) is 83.0. The molecule has 10 heterocycles. The van der Waals surface area contributed by atoms with Crippen molar-refractivity contribution in [2.45, 2.75) is 51.4 Å². The molecule has 146 heavy (non-hydrogen) atoms. The van der Waals surface area contributed by atoms with Crippen LogP contribution in [0, 0.1) is 0 Å². The number of benzene rings is 3. The van der Waals surface area contributed by atoms with Gasteiger partial charge in [-0.15, -0.1) is 0 Å². The molecule has 0 unspecified atom stereocenters. The van der Waals surface area contributed by atoms with Gasteiger partial charge in [0.2, 0.25) is 70.4 Å². The lowest BCUT2D eigenvalue weighted by atomic mass is 10.3. The molecule has 0 atom stereocenters. The van der Waals surface area contributed by atoms with Gasteiger partial charge in [0.05, 0.1) is 35.3 Å². The second kappa shape index (κ2) is 47.9. The third-order valence-electron chi connectivity index (χ3n) is 22.8. The number of hydrogen-bond donors (Lipinski definition) is 16. The van der Waals surface area contributed by atoms with Gasteiger partial charge >= 0.3 is 0 Å². The van der Waals surface area contributed by atoms with E-state index in [1.807, 2.05) is 73.6 Å². The lowest BCUT2D eigenvalue weighted by molar-refractivity contribution is -0.122. The molecule has 0 saturated heterocycles. The average molecular weight is 2020 g/mol. The summed E-state index contributed by atoms with van der Waals surface area (Å²) in [6.45, 7) is 1.29. The highest BCUT2D eigenvalue weighted by Gasteiger charge is 2.45. The van der Waals surface area contributed by atoms with E-state index in [0.29, 0.717) is 24.1 Å². The monoisotopic (exact) mass is 2010 g/mol. The van der Waals surface area contributed by atoms with Crippen LogP contribution in [0.4, 0.5) is 57.7 Å². The molecule has 0 aliphatic heterocycles. The van der Waals surface area contributed by atoms with Crippen molar-refractivity contribution in [1.29, 1.82) is 0 Å². The van der Waals surface area contributed by atoms with Gasteiger partial charge in [0.1, 0.15) is 46.0 Å². The number of amides is 16. The van der Waals surface area contributed by atoms with E-state index < -0.39 is 90.0 Å². The molecular formula is C96H113N33O16P+. The topological polar surface area (TPSA) is 595 Å². The average Bonchev–Trinajstić information content (AvgIpc) is 1.22. The summed E-state index contributed by atoms with van der Waals surface area (Å²) in [5.74, 6) is -9.26. The van der Waals surface area contributed by atoms with Crippen molar-refractivity contribution in [2.24, 2.45) is 70.5 Å². The Bertz CT molecular complexity index is 6990. The molecule has 3 aromatic carbocycles. The molecule has 10 aromatic heterocycles. The molecule has 16 amide bonds. The van der Waals surface area contributed by atoms with Crippen LogP contribution < -0.4 is 101 Å². The van der Waals surface area contributed by atoms with Crippen LogP contribution in [0.1, 0.15) is 157 Å². The zero-order valence-electron chi connectivity index (χ0n) is 82.1. The first-order chi connectivity index (χ1) is 69.8. The van der Waals surface area contributed by atoms with Crippen LogP contribution in [0.15, 0.2) is 177 Å². The Morgan fingerprint density at radius 1 is 0.247 bits per heavy atom. The largest absolute Gasteiger partial charge is 0.356 e. The fourth-order valence-electron chi connectivity index (χ4n) is 15.7. The predicted molar refractivity (Wildman–Crippen MR) is 544 cm³/mol. The van der Waals surface area contributed by atoms with Crippen LogP contribution in [-0.4, -0.2) is 241 Å². The summed E-state index contributed by atoms with van der Waals surface area (Å²) in [5, 5.41) is 46.5. The van der Waals surface area contributed by atoms with Gasteiger partial charge in [0.25, 0.3) is 59.1 Å². The van der Waals surface area contributed by atoms with E-state index in [-0.39, 0.29) is 193 Å². The van der Waals surface area contributed by atoms with Gasteiger partial charge in [-0.25, -0.2) is 29.9 Å². The predicted octanol–water partition coefficient (Wildman–Crippen LogP) is 3.64. The van der Waals surface area contributed by atoms with Crippen molar-refractivity contribution in [2.75, 3.05) is 119 Å². The van der Waals surface area contributed by atoms with E-state index in [2.05, 4.69) is 151 Å². The number of nitrogens with one attached hydrogen (secondary N) is 16. The van der Waals surface area contributed by atoms with Crippen molar-refractivity contribution in [1.82, 2.24) is 112 Å². The Morgan fingerprint density at radius 3 is 0.842 bits per heavy atom. The van der Waals surface area contributed by atoms with E-state index >= 15 is 0 Å². The van der Waals surface area contributed by atoms with Gasteiger partial charge in [-0.1, -0.05) is 54.6 Å². The number of anilines is 10. The smallest absolute Gasteiger partial charge is 0.292 e. The molecule has 50 heteroatoms. The highest BCUT2D eigenvalue weighted by molar-refractivity contribution is 7.95. The summed E-state index contributed by atoms with van der Waals surface area (Å²) < 4.78 is 14.2. The second-order valence-electron chi connectivity index (χ2n) is 34.5. The SMILES string of the molecule is CN(C)CCCNC(=O)CCNC(=O)c1cc(NC(=O)c2cc(NC(=O)c3nc(NC(=O)CCNC(=O)c4cc(NC(=O)c5cc(NC(=O)CCCNC(=O)c6nc(NC(=O)c7nc(NC(=O)CCNC(=O)c8nc(NC(=O)c9nc(NC(=O)c%10nc(NC(=O)CCNC(=O)CC[P+](c%11ccccc%11)(c%11ccccc%11)c%11ccccc%11)cn%10C)cn9C)cn8C)cn7C)cn6C)cn5C)cn4C)cn3C)cn2C)cn1C. The number of imidazole rings is 6. The molecule has 13 aromatic rings. The molecule has 0 fully saturated rings. The fourth-order valence-corrected chi connectivity index (χ4v) is 20.0. The van der Waals surface area contributed by atoms with E-state index in [0.717, 1.165) is 28.9 Å². The first-order valence-electron chi connectivity index (χ1n) is 46.1. The molecule has 13 rings (SSSR count). The maximum atomic E-state index is 13.6. The van der Waals surface area contributed by atoms with Crippen LogP contribution in [-0.2, 0) is 99.2 Å². The lowest BCUT2D eigenvalue weighted by Gasteiger charge is -2.27. The summed E-state index contributed by atoms with van der Waals surface area (Å²) in [4.78, 5) is 240. The van der Waals surface area contributed by atoms with Crippen LogP contribution in [0.3, 0.4) is 0 Å². The summed E-state index contributed by atoms with van der Waals surface area (Å²) >= 11 is 0. The molecule has 0 saturated carbocycles. The van der Waals surface area contributed by atoms with Gasteiger partial charge in [0, 0.05) is 204 Å². The molecule has 0 aliphatic rings. The van der Waals surface area contributed by atoms with Gasteiger partial charge < -0.3 is 136 Å². The Balaban J connectivity index is 0.477. The first-order valence-corrected chi connectivity index (χ1v) is 48.1. The van der Waals surface area contributed by atoms with Gasteiger partial charge in [-0.2, -0.15) is 0 Å². The molecule has 0 bridgehead atoms. The minimum atomic E-state index is -2.26. The van der Waals surface area contributed by atoms with Crippen molar-refractivity contribution >= 4 is 175 Å². The zero-order chi connectivity index (χ0) is 105. The number of carbonyl (C=O) groups is 16. The first kappa shape index (κ1) is 105. The highest BCUT2D eigenvalue weighted by Crippen LogP contribution is 2.56. The number of aryl methyl sites for hydroxylation is 10. The van der Waals surface area contributed by atoms with Crippen LogP contribution in [0.25, 0.3) is 0 Å². The van der Waals surface area contributed by atoms with Gasteiger partial charge in [-0.3, -0.25) is 76.7 Å². The normalized spacial score (nSPS) is 11.1. The van der Waals surface area contributed by atoms with Gasteiger partial charge in [-0.05, 0) is 94.1 Å². The van der Waals surface area contributed by atoms with E-state index in [9.17, 15) is 76.7 Å². The molecule has 0 aliphatic carbocycles. The number of nitrogens with zero attached hydrogens (tertiary/aromatic N) is 17. The summed E-state index contributed by atoms with van der Waals surface area (Å²) in [7, 11) is 17.2. The maximum Gasteiger partial charge on any atom is 0.292 e. The lowest BCUT2D eigenvalue weighted by Crippen LogP contribution is -2.35. The number of rotatable bonds is 46. The minimum Gasteiger partial charge on any atom is -0.356 e. The second-order valence-corrected chi connectivity index (χ2v) is 38.1. The number of carbonyl (C=O) groups excluding carboxylic acids is 16. The number of aromatic nitrogens is 16. The highest BCUT2D eigenvalue weighted by atomic mass is 31.2. The maximum absolute atomic E-state index is 13.6. The van der Waals surface area contributed by atoms with Crippen LogP contribution in [0.2, 0.25) is 0 Å². The summed E-state index contributed by atoms with van der Waals surface area (Å²) in [6.07, 6.45) is 15.8. The third-order valence-corrected chi connectivity index (χ3v) is 27.3. The molecule has 0 radical (unpaired) electrons. The van der Waals surface area contributed by atoms with Crippen molar-refractivity contribution in [3.63, 3.8) is 0 Å². The van der Waals surface area contributed by atoms with Crippen molar-refractivity contribution < 1.29 is 76.7 Å². The third kappa shape index (κ3) is 27.4.